The first-order chi connectivity index (χ1) is 8.89. The summed E-state index contributed by atoms with van der Waals surface area (Å²) in [5, 5.41) is 0. The van der Waals surface area contributed by atoms with Crippen LogP contribution in [0.5, 0.6) is 0 Å². The molecule has 0 aromatic carbocycles. The number of ether oxygens (including phenoxy) is 2. The third-order valence-corrected chi connectivity index (χ3v) is 2.45. The number of esters is 1. The lowest BCUT2D eigenvalue weighted by Gasteiger charge is -2.29. The van der Waals surface area contributed by atoms with E-state index in [1.54, 1.807) is 41.5 Å². The fraction of sp³-hybridized carbons (Fsp3) is 0.786. The van der Waals surface area contributed by atoms with Crippen LogP contribution in [0.2, 0.25) is 0 Å². The molecule has 1 fully saturated rings. The fourth-order valence-corrected chi connectivity index (χ4v) is 1.78. The molecule has 1 heterocycles. The van der Waals surface area contributed by atoms with E-state index in [9.17, 15) is 14.4 Å². The number of hydrogen-bond acceptors (Lipinski definition) is 5. The number of ketones is 1. The van der Waals surface area contributed by atoms with E-state index in [2.05, 4.69) is 0 Å². The monoisotopic (exact) mass is 285 g/mol. The minimum atomic E-state index is -0.892. The van der Waals surface area contributed by atoms with Gasteiger partial charge in [-0.1, -0.05) is 0 Å². The predicted octanol–water partition coefficient (Wildman–Crippen LogP) is 1.91. The van der Waals surface area contributed by atoms with Crippen molar-refractivity contribution in [2.45, 2.75) is 65.2 Å². The molecule has 0 saturated carbocycles. The summed E-state index contributed by atoms with van der Waals surface area (Å²) in [5.74, 6) is -0.749. The summed E-state index contributed by atoms with van der Waals surface area (Å²) in [6.45, 7) is 10.3. The molecule has 0 aromatic heterocycles. The van der Waals surface area contributed by atoms with Crippen molar-refractivity contribution >= 4 is 17.8 Å². The van der Waals surface area contributed by atoms with Gasteiger partial charge in [-0.2, -0.15) is 0 Å². The van der Waals surface area contributed by atoms with Crippen molar-refractivity contribution in [3.8, 4) is 0 Å². The number of hydrogen-bond donors (Lipinski definition) is 0. The van der Waals surface area contributed by atoms with Crippen molar-refractivity contribution in [2.24, 2.45) is 0 Å². The van der Waals surface area contributed by atoms with Crippen molar-refractivity contribution in [3.05, 3.63) is 0 Å². The van der Waals surface area contributed by atoms with Crippen LogP contribution in [-0.2, 0) is 19.1 Å². The number of carbonyl (C=O) groups is 3. The van der Waals surface area contributed by atoms with Gasteiger partial charge < -0.3 is 9.47 Å². The summed E-state index contributed by atoms with van der Waals surface area (Å²) in [4.78, 5) is 36.8. The average Bonchev–Trinajstić information content (AvgIpc) is 2.55. The Morgan fingerprint density at radius 1 is 1.05 bits per heavy atom. The van der Waals surface area contributed by atoms with Crippen LogP contribution in [0.15, 0.2) is 0 Å². The zero-order valence-electron chi connectivity index (χ0n) is 13.0. The quantitative estimate of drug-likeness (QED) is 0.688. The van der Waals surface area contributed by atoms with E-state index < -0.39 is 29.3 Å². The number of likely N-dealkylation sites (tertiary alicyclic amines) is 1. The highest BCUT2D eigenvalue weighted by atomic mass is 16.6. The number of amides is 1. The van der Waals surface area contributed by atoms with E-state index in [-0.39, 0.29) is 18.7 Å². The molecule has 1 aliphatic rings. The Hall–Kier alpha value is -1.59. The summed E-state index contributed by atoms with van der Waals surface area (Å²) in [5.41, 5.74) is -1.34. The standard InChI is InChI=1S/C14H23NO5/c1-13(2,3)19-11(17)10-7-9(16)8-15(10)12(18)20-14(4,5)6/h10H,7-8H2,1-6H3. The molecular formula is C14H23NO5. The third-order valence-electron chi connectivity index (χ3n) is 2.45. The maximum Gasteiger partial charge on any atom is 0.411 e. The predicted molar refractivity (Wildman–Crippen MR) is 72.2 cm³/mol. The Balaban J connectivity index is 2.81. The summed E-state index contributed by atoms with van der Waals surface area (Å²) < 4.78 is 10.4. The van der Waals surface area contributed by atoms with Gasteiger partial charge >= 0.3 is 12.1 Å². The van der Waals surface area contributed by atoms with Gasteiger partial charge in [-0.25, -0.2) is 9.59 Å². The molecular weight excluding hydrogens is 262 g/mol. The van der Waals surface area contributed by atoms with Crippen molar-refractivity contribution in [3.63, 3.8) is 0 Å². The first-order valence-corrected chi connectivity index (χ1v) is 6.63. The lowest BCUT2D eigenvalue weighted by atomic mass is 10.1. The van der Waals surface area contributed by atoms with Crippen molar-refractivity contribution in [1.29, 1.82) is 0 Å². The summed E-state index contributed by atoms with van der Waals surface area (Å²) in [6.07, 6.45) is -0.687. The largest absolute Gasteiger partial charge is 0.458 e. The Bertz CT molecular complexity index is 378. The highest BCUT2D eigenvalue weighted by Gasteiger charge is 2.42. The lowest BCUT2D eigenvalue weighted by Crippen LogP contribution is -2.45. The van der Waals surface area contributed by atoms with E-state index in [0.29, 0.717) is 0 Å². The van der Waals surface area contributed by atoms with Gasteiger partial charge in [0.05, 0.1) is 6.54 Å². The molecule has 1 atom stereocenters. The summed E-state index contributed by atoms with van der Waals surface area (Å²) in [7, 11) is 0. The SMILES string of the molecule is CC(C)(C)OC(=O)C1CC(=O)CN1C(=O)OC(C)(C)C. The van der Waals surface area contributed by atoms with Crippen LogP contribution in [0.1, 0.15) is 48.0 Å². The Labute approximate surface area is 119 Å². The second kappa shape index (κ2) is 5.42. The van der Waals surface area contributed by atoms with Crippen LogP contribution in [0.4, 0.5) is 4.79 Å². The Morgan fingerprint density at radius 2 is 1.55 bits per heavy atom. The van der Waals surface area contributed by atoms with E-state index in [1.807, 2.05) is 0 Å². The minimum absolute atomic E-state index is 0.0197. The normalized spacial score (nSPS) is 20.0. The highest BCUT2D eigenvalue weighted by molar-refractivity contribution is 5.95. The second-order valence-corrected chi connectivity index (χ2v) is 6.90. The van der Waals surface area contributed by atoms with Crippen LogP contribution in [-0.4, -0.2) is 46.5 Å². The molecule has 20 heavy (non-hydrogen) atoms. The lowest BCUT2D eigenvalue weighted by molar-refractivity contribution is -0.160. The van der Waals surface area contributed by atoms with E-state index >= 15 is 0 Å². The van der Waals surface area contributed by atoms with Gasteiger partial charge in [0.2, 0.25) is 0 Å². The smallest absolute Gasteiger partial charge is 0.411 e. The maximum absolute atomic E-state index is 12.1. The van der Waals surface area contributed by atoms with Crippen LogP contribution >= 0.6 is 0 Å². The zero-order chi connectivity index (χ0) is 15.7. The second-order valence-electron chi connectivity index (χ2n) is 6.90. The number of carbonyl (C=O) groups excluding carboxylic acids is 3. The molecule has 0 aliphatic carbocycles. The van der Waals surface area contributed by atoms with E-state index in [1.165, 1.54) is 0 Å². The van der Waals surface area contributed by atoms with Gasteiger partial charge in [-0.15, -0.1) is 0 Å². The molecule has 0 N–H and O–H groups in total. The number of Topliss-reactive ketones (excluding diaryl/α,β-unsaturated/α-hetero) is 1. The Morgan fingerprint density at radius 3 is 2.00 bits per heavy atom. The van der Waals surface area contributed by atoms with E-state index in [4.69, 9.17) is 9.47 Å². The molecule has 0 bridgehead atoms. The summed E-state index contributed by atoms with van der Waals surface area (Å²) in [6, 6.07) is -0.892. The molecule has 1 saturated heterocycles. The van der Waals surface area contributed by atoms with Crippen molar-refractivity contribution in [1.82, 2.24) is 4.90 Å². The molecule has 1 aliphatic heterocycles. The first-order valence-electron chi connectivity index (χ1n) is 6.63. The molecule has 1 rings (SSSR count). The highest BCUT2D eigenvalue weighted by Crippen LogP contribution is 2.21. The van der Waals surface area contributed by atoms with Crippen LogP contribution in [0.25, 0.3) is 0 Å². The van der Waals surface area contributed by atoms with Gasteiger partial charge in [-0.3, -0.25) is 9.69 Å². The molecule has 0 radical (unpaired) electrons. The number of nitrogens with zero attached hydrogens (tertiary/aromatic N) is 1. The molecule has 6 heteroatoms. The molecule has 6 nitrogen and oxygen atoms in total. The van der Waals surface area contributed by atoms with Crippen molar-refractivity contribution in [2.75, 3.05) is 6.54 Å². The topological polar surface area (TPSA) is 72.9 Å². The first kappa shape index (κ1) is 16.5. The third kappa shape index (κ3) is 4.83. The maximum atomic E-state index is 12.1. The molecule has 0 spiro atoms. The van der Waals surface area contributed by atoms with Gasteiger partial charge in [-0.05, 0) is 41.5 Å². The van der Waals surface area contributed by atoms with Gasteiger partial charge in [0.25, 0.3) is 0 Å². The molecule has 1 unspecified atom stereocenters. The minimum Gasteiger partial charge on any atom is -0.458 e. The van der Waals surface area contributed by atoms with Gasteiger partial charge in [0.15, 0.2) is 5.78 Å². The molecule has 1 amide bonds. The van der Waals surface area contributed by atoms with Gasteiger partial charge in [0, 0.05) is 6.42 Å². The van der Waals surface area contributed by atoms with Crippen LogP contribution < -0.4 is 0 Å². The summed E-state index contributed by atoms with van der Waals surface area (Å²) >= 11 is 0. The average molecular weight is 285 g/mol. The zero-order valence-corrected chi connectivity index (χ0v) is 13.0. The molecule has 114 valence electrons. The fourth-order valence-electron chi connectivity index (χ4n) is 1.78. The van der Waals surface area contributed by atoms with E-state index in [0.717, 1.165) is 4.90 Å². The van der Waals surface area contributed by atoms with Crippen molar-refractivity contribution < 1.29 is 23.9 Å². The Kier molecular flexibility index (Phi) is 4.46. The number of rotatable bonds is 1. The van der Waals surface area contributed by atoms with Crippen LogP contribution in [0.3, 0.4) is 0 Å². The van der Waals surface area contributed by atoms with Crippen LogP contribution in [0, 0.1) is 0 Å². The molecule has 0 aromatic rings. The van der Waals surface area contributed by atoms with Gasteiger partial charge in [0.1, 0.15) is 17.2 Å².